The van der Waals surface area contributed by atoms with E-state index >= 15 is 0 Å². The lowest BCUT2D eigenvalue weighted by Gasteiger charge is -2.26. The van der Waals surface area contributed by atoms with Crippen LogP contribution in [0.4, 0.5) is 11.4 Å². The molecule has 0 bridgehead atoms. The topological polar surface area (TPSA) is 50.5 Å². The number of methoxy groups -OCH3 is 1. The highest BCUT2D eigenvalue weighted by molar-refractivity contribution is 5.59. The predicted molar refractivity (Wildman–Crippen MR) is 76.2 cm³/mol. The van der Waals surface area contributed by atoms with Gasteiger partial charge >= 0.3 is 0 Å². The molecule has 1 aromatic rings. The van der Waals surface area contributed by atoms with E-state index in [-0.39, 0.29) is 0 Å². The van der Waals surface area contributed by atoms with Gasteiger partial charge in [-0.25, -0.2) is 0 Å². The zero-order valence-electron chi connectivity index (χ0n) is 11.1. The number of piperidine rings is 1. The first-order valence-corrected chi connectivity index (χ1v) is 6.69. The van der Waals surface area contributed by atoms with Gasteiger partial charge in [-0.3, -0.25) is 0 Å². The third kappa shape index (κ3) is 3.81. The average Bonchev–Trinajstić information content (AvgIpc) is 2.39. The van der Waals surface area contributed by atoms with Gasteiger partial charge in [0.2, 0.25) is 0 Å². The molecule has 3 N–H and O–H groups in total. The van der Waals surface area contributed by atoms with Crippen LogP contribution in [0.1, 0.15) is 19.3 Å². The molecule has 0 aromatic heterocycles. The zero-order chi connectivity index (χ0) is 12.8. The molecule has 4 heteroatoms. The fraction of sp³-hybridized carbons (Fsp3) is 0.571. The Morgan fingerprint density at radius 1 is 1.22 bits per heavy atom. The average molecular weight is 249 g/mol. The van der Waals surface area contributed by atoms with Gasteiger partial charge < -0.3 is 20.7 Å². The Morgan fingerprint density at radius 3 is 2.72 bits per heavy atom. The molecular weight excluding hydrogens is 226 g/mol. The molecule has 4 nitrogen and oxygen atoms in total. The number of likely N-dealkylation sites (tertiary alicyclic amines) is 1. The Hall–Kier alpha value is -1.42. The van der Waals surface area contributed by atoms with Crippen LogP contribution in [0.2, 0.25) is 0 Å². The molecule has 1 saturated heterocycles. The number of benzene rings is 1. The fourth-order valence-corrected chi connectivity index (χ4v) is 2.38. The fourth-order valence-electron chi connectivity index (χ4n) is 2.38. The number of nitrogen functional groups attached to an aromatic ring is 1. The van der Waals surface area contributed by atoms with E-state index in [9.17, 15) is 0 Å². The molecular formula is C14H23N3O. The molecule has 100 valence electrons. The summed E-state index contributed by atoms with van der Waals surface area (Å²) in [6.45, 7) is 4.52. The van der Waals surface area contributed by atoms with E-state index in [2.05, 4.69) is 10.2 Å². The van der Waals surface area contributed by atoms with Gasteiger partial charge in [0.25, 0.3) is 0 Å². The lowest BCUT2D eigenvalue weighted by molar-refractivity contribution is 0.237. The maximum Gasteiger partial charge on any atom is 0.122 e. The Balaban J connectivity index is 1.80. The highest BCUT2D eigenvalue weighted by atomic mass is 16.5. The van der Waals surface area contributed by atoms with Crippen molar-refractivity contribution >= 4 is 11.4 Å². The van der Waals surface area contributed by atoms with Gasteiger partial charge in [0.05, 0.1) is 7.11 Å². The number of hydrogen-bond acceptors (Lipinski definition) is 4. The summed E-state index contributed by atoms with van der Waals surface area (Å²) < 4.78 is 5.20. The van der Waals surface area contributed by atoms with Gasteiger partial charge in [0.1, 0.15) is 5.75 Å². The Labute approximate surface area is 109 Å². The maximum absolute atomic E-state index is 5.82. The summed E-state index contributed by atoms with van der Waals surface area (Å²) in [6.07, 6.45) is 4.06. The number of ether oxygens (including phenoxy) is 1. The summed E-state index contributed by atoms with van der Waals surface area (Å²) in [5.41, 5.74) is 7.58. The molecule has 0 saturated carbocycles. The highest BCUT2D eigenvalue weighted by Gasteiger charge is 2.09. The molecule has 1 aliphatic rings. The van der Waals surface area contributed by atoms with Gasteiger partial charge in [0, 0.05) is 36.6 Å². The summed E-state index contributed by atoms with van der Waals surface area (Å²) >= 11 is 0. The third-order valence-electron chi connectivity index (χ3n) is 3.37. The number of rotatable bonds is 5. The van der Waals surface area contributed by atoms with Crippen LogP contribution in [-0.4, -0.2) is 38.2 Å². The second-order valence-electron chi connectivity index (χ2n) is 4.82. The molecule has 18 heavy (non-hydrogen) atoms. The van der Waals surface area contributed by atoms with Crippen LogP contribution in [0.5, 0.6) is 5.75 Å². The van der Waals surface area contributed by atoms with E-state index < -0.39 is 0 Å². The minimum absolute atomic E-state index is 0.731. The van der Waals surface area contributed by atoms with Crippen molar-refractivity contribution in [2.45, 2.75) is 19.3 Å². The lowest BCUT2D eigenvalue weighted by Crippen LogP contribution is -2.33. The number of hydrogen-bond donors (Lipinski definition) is 2. The smallest absolute Gasteiger partial charge is 0.122 e. The van der Waals surface area contributed by atoms with E-state index in [0.29, 0.717) is 0 Å². The Morgan fingerprint density at radius 2 is 2.00 bits per heavy atom. The largest absolute Gasteiger partial charge is 0.497 e. The number of nitrogens with zero attached hydrogens (tertiary/aromatic N) is 1. The number of nitrogens with two attached hydrogens (primary N) is 1. The molecule has 1 aromatic carbocycles. The van der Waals surface area contributed by atoms with Crippen molar-refractivity contribution in [2.24, 2.45) is 0 Å². The molecule has 0 amide bonds. The summed E-state index contributed by atoms with van der Waals surface area (Å²) in [6, 6.07) is 5.75. The predicted octanol–water partition coefficient (Wildman–Crippen LogP) is 2.18. The minimum Gasteiger partial charge on any atom is -0.497 e. The van der Waals surface area contributed by atoms with Crippen molar-refractivity contribution < 1.29 is 4.74 Å². The molecule has 2 rings (SSSR count). The van der Waals surface area contributed by atoms with Crippen molar-refractivity contribution in [2.75, 3.05) is 44.3 Å². The molecule has 1 fully saturated rings. The molecule has 0 atom stereocenters. The van der Waals surface area contributed by atoms with E-state index in [0.717, 1.165) is 30.2 Å². The molecule has 1 heterocycles. The van der Waals surface area contributed by atoms with Crippen molar-refractivity contribution in [3.05, 3.63) is 18.2 Å². The SMILES string of the molecule is COc1cc(N)cc(NCCN2CCCCC2)c1. The van der Waals surface area contributed by atoms with Gasteiger partial charge in [-0.2, -0.15) is 0 Å². The minimum atomic E-state index is 0.731. The summed E-state index contributed by atoms with van der Waals surface area (Å²) in [5.74, 6) is 0.801. The van der Waals surface area contributed by atoms with Gasteiger partial charge in [0.15, 0.2) is 0 Å². The van der Waals surface area contributed by atoms with E-state index in [1.807, 2.05) is 18.2 Å². The van der Waals surface area contributed by atoms with E-state index in [1.165, 1.54) is 32.4 Å². The van der Waals surface area contributed by atoms with Crippen molar-refractivity contribution in [3.8, 4) is 5.75 Å². The van der Waals surface area contributed by atoms with Crippen LogP contribution in [0.15, 0.2) is 18.2 Å². The second kappa shape index (κ2) is 6.50. The third-order valence-corrected chi connectivity index (χ3v) is 3.37. The quantitative estimate of drug-likeness (QED) is 0.785. The molecule has 0 spiro atoms. The summed E-state index contributed by atoms with van der Waals surface area (Å²) in [5, 5.41) is 3.41. The maximum atomic E-state index is 5.82. The van der Waals surface area contributed by atoms with Crippen LogP contribution in [0.3, 0.4) is 0 Å². The van der Waals surface area contributed by atoms with Gasteiger partial charge in [-0.1, -0.05) is 6.42 Å². The Kier molecular flexibility index (Phi) is 4.70. The highest BCUT2D eigenvalue weighted by Crippen LogP contribution is 2.22. The molecule has 0 aliphatic carbocycles. The van der Waals surface area contributed by atoms with Gasteiger partial charge in [-0.05, 0) is 32.0 Å². The zero-order valence-corrected chi connectivity index (χ0v) is 11.1. The first kappa shape index (κ1) is 13.0. The summed E-state index contributed by atoms with van der Waals surface area (Å²) in [7, 11) is 1.66. The van der Waals surface area contributed by atoms with Gasteiger partial charge in [-0.15, -0.1) is 0 Å². The monoisotopic (exact) mass is 249 g/mol. The van der Waals surface area contributed by atoms with Crippen LogP contribution in [-0.2, 0) is 0 Å². The molecule has 0 unspecified atom stereocenters. The molecule has 0 radical (unpaired) electrons. The first-order chi connectivity index (χ1) is 8.78. The van der Waals surface area contributed by atoms with Crippen molar-refractivity contribution in [3.63, 3.8) is 0 Å². The summed E-state index contributed by atoms with van der Waals surface area (Å²) in [4.78, 5) is 2.51. The number of anilines is 2. The standard InChI is InChI=1S/C14H23N3O/c1-18-14-10-12(15)9-13(11-14)16-5-8-17-6-3-2-4-7-17/h9-11,16H,2-8,15H2,1H3. The van der Waals surface area contributed by atoms with Crippen molar-refractivity contribution in [1.82, 2.24) is 4.90 Å². The van der Waals surface area contributed by atoms with Crippen LogP contribution in [0, 0.1) is 0 Å². The van der Waals surface area contributed by atoms with Crippen molar-refractivity contribution in [1.29, 1.82) is 0 Å². The molecule has 1 aliphatic heterocycles. The van der Waals surface area contributed by atoms with Crippen LogP contribution < -0.4 is 15.8 Å². The Bertz CT molecular complexity index is 375. The normalized spacial score (nSPS) is 16.5. The first-order valence-electron chi connectivity index (χ1n) is 6.69. The second-order valence-corrected chi connectivity index (χ2v) is 4.82. The van der Waals surface area contributed by atoms with E-state index in [1.54, 1.807) is 7.11 Å². The van der Waals surface area contributed by atoms with Crippen LogP contribution in [0.25, 0.3) is 0 Å². The van der Waals surface area contributed by atoms with Crippen LogP contribution >= 0.6 is 0 Å². The number of nitrogens with one attached hydrogen (secondary N) is 1. The van der Waals surface area contributed by atoms with E-state index in [4.69, 9.17) is 10.5 Å². The lowest BCUT2D eigenvalue weighted by atomic mass is 10.1.